The van der Waals surface area contributed by atoms with Crippen molar-refractivity contribution in [2.45, 2.75) is 31.6 Å². The van der Waals surface area contributed by atoms with Gasteiger partial charge >= 0.3 is 5.97 Å². The molecule has 0 unspecified atom stereocenters. The molecule has 0 saturated carbocycles. The second-order valence-corrected chi connectivity index (χ2v) is 10.3. The lowest BCUT2D eigenvalue weighted by molar-refractivity contribution is -0.140. The van der Waals surface area contributed by atoms with E-state index in [-0.39, 0.29) is 24.2 Å². The van der Waals surface area contributed by atoms with Gasteiger partial charge in [0.2, 0.25) is 0 Å². The smallest absolute Gasteiger partial charge is 0.305 e. The second kappa shape index (κ2) is 11.9. The predicted molar refractivity (Wildman–Crippen MR) is 144 cm³/mol. The zero-order chi connectivity index (χ0) is 25.7. The number of benzene rings is 2. The summed E-state index contributed by atoms with van der Waals surface area (Å²) in [5, 5.41) is 6.12. The highest BCUT2D eigenvalue weighted by atomic mass is 35.5. The van der Waals surface area contributed by atoms with E-state index >= 15 is 0 Å². The first-order valence-corrected chi connectivity index (χ1v) is 13.2. The fourth-order valence-corrected chi connectivity index (χ4v) is 5.49. The van der Waals surface area contributed by atoms with Gasteiger partial charge in [-0.2, -0.15) is 0 Å². The summed E-state index contributed by atoms with van der Waals surface area (Å²) in [5.74, 6) is -0.765. The van der Waals surface area contributed by atoms with Crippen molar-refractivity contribution in [3.05, 3.63) is 69.4 Å². The summed E-state index contributed by atoms with van der Waals surface area (Å²) in [4.78, 5) is 31.9. The van der Waals surface area contributed by atoms with Crippen LogP contribution in [0.2, 0.25) is 5.02 Å². The van der Waals surface area contributed by atoms with Gasteiger partial charge in [-0.05, 0) is 48.7 Å². The zero-order valence-electron chi connectivity index (χ0n) is 19.6. The monoisotopic (exact) mass is 545 g/mol. The number of anilines is 1. The molecule has 2 aromatic carbocycles. The molecule has 10 heteroatoms. The van der Waals surface area contributed by atoms with Gasteiger partial charge in [-0.25, -0.2) is 9.37 Å². The van der Waals surface area contributed by atoms with Gasteiger partial charge < -0.3 is 15.0 Å². The molecule has 188 valence electrons. The van der Waals surface area contributed by atoms with Crippen LogP contribution >= 0.6 is 35.2 Å². The minimum absolute atomic E-state index is 0.242. The summed E-state index contributed by atoms with van der Waals surface area (Å²) < 4.78 is 18.7. The molecule has 3 aromatic rings. The highest BCUT2D eigenvalue weighted by Gasteiger charge is 2.25. The van der Waals surface area contributed by atoms with Crippen molar-refractivity contribution in [1.29, 1.82) is 0 Å². The lowest BCUT2D eigenvalue weighted by Gasteiger charge is -2.33. The minimum Gasteiger partial charge on any atom is -0.469 e. The Balaban J connectivity index is 1.38. The van der Waals surface area contributed by atoms with E-state index in [1.807, 2.05) is 0 Å². The topological polar surface area (TPSA) is 71.5 Å². The van der Waals surface area contributed by atoms with E-state index < -0.39 is 5.82 Å². The predicted octanol–water partition coefficient (Wildman–Crippen LogP) is 6.31. The number of likely N-dealkylation sites (tertiary alicyclic amines) is 1. The number of hydrogen-bond acceptors (Lipinski definition) is 6. The first-order valence-electron chi connectivity index (χ1n) is 11.5. The van der Waals surface area contributed by atoms with Gasteiger partial charge in [0, 0.05) is 47.1 Å². The van der Waals surface area contributed by atoms with Crippen molar-refractivity contribution in [3.63, 3.8) is 0 Å². The van der Waals surface area contributed by atoms with E-state index in [4.69, 9.17) is 23.8 Å². The highest BCUT2D eigenvalue weighted by Crippen LogP contribution is 2.33. The molecule has 1 aliphatic rings. The lowest BCUT2D eigenvalue weighted by atomic mass is 9.97. The molecular weight excluding hydrogens is 521 g/mol. The largest absolute Gasteiger partial charge is 0.469 e. The Morgan fingerprint density at radius 1 is 1.19 bits per heavy atom. The molecule has 6 nitrogen and oxygen atoms in total. The molecule has 1 N–H and O–H groups in total. The van der Waals surface area contributed by atoms with Crippen LogP contribution < -0.4 is 5.32 Å². The molecule has 2 heterocycles. The van der Waals surface area contributed by atoms with Crippen LogP contribution in [0.15, 0.2) is 47.8 Å². The molecule has 1 aromatic heterocycles. The van der Waals surface area contributed by atoms with Crippen molar-refractivity contribution in [1.82, 2.24) is 9.88 Å². The van der Waals surface area contributed by atoms with E-state index in [1.54, 1.807) is 35.7 Å². The molecular formula is C26H25ClFN3O3S2. The number of carbonyl (C=O) groups excluding carboxylic acids is 2. The molecule has 4 rings (SSSR count). The van der Waals surface area contributed by atoms with Gasteiger partial charge in [0.05, 0.1) is 23.5 Å². The number of methoxy groups -OCH3 is 1. The normalized spacial score (nSPS) is 13.9. The Morgan fingerprint density at radius 2 is 1.92 bits per heavy atom. The van der Waals surface area contributed by atoms with Crippen LogP contribution in [0.1, 0.15) is 47.1 Å². The Bertz CT molecular complexity index is 1260. The first-order chi connectivity index (χ1) is 17.3. The third-order valence-electron chi connectivity index (χ3n) is 6.11. The van der Waals surface area contributed by atoms with Crippen LogP contribution in [0.25, 0.3) is 11.1 Å². The number of aromatic nitrogens is 1. The fraction of sp³-hybridized carbons (Fsp3) is 0.308. The summed E-state index contributed by atoms with van der Waals surface area (Å²) in [6, 6.07) is 11.2. The van der Waals surface area contributed by atoms with Crippen molar-refractivity contribution >= 4 is 57.7 Å². The summed E-state index contributed by atoms with van der Waals surface area (Å²) in [5.41, 5.74) is 2.12. The van der Waals surface area contributed by atoms with Crippen molar-refractivity contribution in [2.24, 2.45) is 0 Å². The number of halogens is 2. The number of ether oxygens (including phenoxy) is 1. The van der Waals surface area contributed by atoms with Gasteiger partial charge in [0.25, 0.3) is 5.91 Å². The van der Waals surface area contributed by atoms with Gasteiger partial charge in [-0.3, -0.25) is 9.59 Å². The maximum absolute atomic E-state index is 14.0. The average molecular weight is 546 g/mol. The Kier molecular flexibility index (Phi) is 8.66. The van der Waals surface area contributed by atoms with Gasteiger partial charge in [-0.15, -0.1) is 11.3 Å². The van der Waals surface area contributed by atoms with Crippen LogP contribution in [0.5, 0.6) is 0 Å². The number of hydrogen-bond donors (Lipinski definition) is 1. The zero-order valence-corrected chi connectivity index (χ0v) is 22.0. The number of esters is 1. The molecule has 0 spiro atoms. The number of rotatable bonds is 7. The minimum atomic E-state index is -0.398. The number of amides is 1. The number of nitrogens with one attached hydrogen (secondary N) is 1. The van der Waals surface area contributed by atoms with Gasteiger partial charge in [0.1, 0.15) is 11.5 Å². The molecule has 36 heavy (non-hydrogen) atoms. The quantitative estimate of drug-likeness (QED) is 0.277. The van der Waals surface area contributed by atoms with E-state index in [2.05, 4.69) is 19.9 Å². The Hall–Kier alpha value is -2.88. The van der Waals surface area contributed by atoms with E-state index in [0.29, 0.717) is 28.4 Å². The number of nitrogens with zero attached hydrogens (tertiary/aromatic N) is 2. The maximum atomic E-state index is 14.0. The SMILES string of the molecule is COC(=O)CCC(=S)N1CCC(c2nc(C(=O)Nc3ccc(F)cc3-c3ccc(Cl)cc3)cs2)CC1. The lowest BCUT2D eigenvalue weighted by Crippen LogP contribution is -2.37. The number of carbonyl (C=O) groups is 2. The number of thiocarbonyl (C=S) groups is 1. The van der Waals surface area contributed by atoms with E-state index in [0.717, 1.165) is 41.5 Å². The van der Waals surface area contributed by atoms with Crippen molar-refractivity contribution in [3.8, 4) is 11.1 Å². The van der Waals surface area contributed by atoms with Crippen LogP contribution in [0.4, 0.5) is 10.1 Å². The summed E-state index contributed by atoms with van der Waals surface area (Å²) in [6.45, 7) is 1.57. The first kappa shape index (κ1) is 26.2. The summed E-state index contributed by atoms with van der Waals surface area (Å²) >= 11 is 12.9. The molecule has 1 amide bonds. The van der Waals surface area contributed by atoms with E-state index in [1.165, 1.54) is 30.6 Å². The third-order valence-corrected chi connectivity index (χ3v) is 7.83. The number of piperidine rings is 1. The maximum Gasteiger partial charge on any atom is 0.305 e. The fourth-order valence-electron chi connectivity index (χ4n) is 4.10. The Morgan fingerprint density at radius 3 is 2.61 bits per heavy atom. The highest BCUT2D eigenvalue weighted by molar-refractivity contribution is 7.80. The van der Waals surface area contributed by atoms with Crippen molar-refractivity contribution < 1.29 is 18.7 Å². The molecule has 0 aliphatic carbocycles. The van der Waals surface area contributed by atoms with Gasteiger partial charge in [-0.1, -0.05) is 36.0 Å². The van der Waals surface area contributed by atoms with E-state index in [9.17, 15) is 14.0 Å². The van der Waals surface area contributed by atoms with Crippen LogP contribution in [-0.4, -0.2) is 46.9 Å². The molecule has 1 fully saturated rings. The van der Waals surface area contributed by atoms with Crippen LogP contribution in [-0.2, 0) is 9.53 Å². The summed E-state index contributed by atoms with van der Waals surface area (Å²) in [7, 11) is 1.37. The molecule has 1 saturated heterocycles. The standard InChI is InChI=1S/C26H25ClFN3O3S2/c1-34-24(32)9-8-23(35)31-12-10-17(11-13-31)26-30-22(15-36-26)25(33)29-21-7-6-19(28)14-20(21)16-2-4-18(27)5-3-16/h2-7,14-15,17H,8-13H2,1H3,(H,29,33). The van der Waals surface area contributed by atoms with Crippen LogP contribution in [0, 0.1) is 5.82 Å². The molecule has 0 atom stereocenters. The van der Waals surface area contributed by atoms with Crippen LogP contribution in [0.3, 0.4) is 0 Å². The van der Waals surface area contributed by atoms with Gasteiger partial charge in [0.15, 0.2) is 0 Å². The second-order valence-electron chi connectivity index (χ2n) is 8.45. The summed E-state index contributed by atoms with van der Waals surface area (Å²) in [6.07, 6.45) is 2.53. The third kappa shape index (κ3) is 6.46. The molecule has 0 bridgehead atoms. The molecule has 0 radical (unpaired) electrons. The van der Waals surface area contributed by atoms with Crippen molar-refractivity contribution in [2.75, 3.05) is 25.5 Å². The Labute approximate surface area is 223 Å². The molecule has 1 aliphatic heterocycles. The average Bonchev–Trinajstić information content (AvgIpc) is 3.39. The number of thiazole rings is 1.